The van der Waals surface area contributed by atoms with E-state index in [0.717, 1.165) is 62.4 Å². The van der Waals surface area contributed by atoms with Crippen LogP contribution in [0, 0.1) is 6.92 Å². The van der Waals surface area contributed by atoms with Gasteiger partial charge in [-0.15, -0.1) is 0 Å². The molecule has 30 heavy (non-hydrogen) atoms. The monoisotopic (exact) mass is 416 g/mol. The highest BCUT2D eigenvalue weighted by Gasteiger charge is 2.28. The van der Waals surface area contributed by atoms with Gasteiger partial charge < -0.3 is 26.4 Å². The first-order valence-electron chi connectivity index (χ1n) is 11.1. The molecule has 3 atom stereocenters. The van der Waals surface area contributed by atoms with Crippen LogP contribution in [0.1, 0.15) is 45.1 Å². The van der Waals surface area contributed by atoms with Crippen LogP contribution >= 0.6 is 0 Å². The van der Waals surface area contributed by atoms with Crippen LogP contribution in [0.3, 0.4) is 0 Å². The number of fused-ring (bicyclic) bond motifs is 1. The smallest absolute Gasteiger partial charge is 0.270 e. The van der Waals surface area contributed by atoms with E-state index in [1.54, 1.807) is 6.92 Å². The van der Waals surface area contributed by atoms with Gasteiger partial charge in [0, 0.05) is 25.3 Å². The van der Waals surface area contributed by atoms with Gasteiger partial charge in [-0.1, -0.05) is 13.0 Å². The molecule has 1 amide bonds. The summed E-state index contributed by atoms with van der Waals surface area (Å²) in [5, 5.41) is 13.4. The fourth-order valence-electron chi connectivity index (χ4n) is 3.89. The van der Waals surface area contributed by atoms with Gasteiger partial charge in [-0.25, -0.2) is 4.99 Å². The Morgan fingerprint density at radius 1 is 1.37 bits per heavy atom. The molecule has 1 aromatic carbocycles. The molecule has 0 bridgehead atoms. The summed E-state index contributed by atoms with van der Waals surface area (Å²) in [6.07, 6.45) is 3.37. The lowest BCUT2D eigenvalue weighted by molar-refractivity contribution is -0.115. The van der Waals surface area contributed by atoms with Crippen molar-refractivity contribution in [2.75, 3.05) is 25.1 Å². The van der Waals surface area contributed by atoms with Gasteiger partial charge in [-0.05, 0) is 63.8 Å². The summed E-state index contributed by atoms with van der Waals surface area (Å²) in [5.41, 5.74) is 8.97. The number of ether oxygens (including phenoxy) is 1. The fourth-order valence-corrected chi connectivity index (χ4v) is 3.89. The van der Waals surface area contributed by atoms with Gasteiger partial charge in [0.2, 0.25) is 0 Å². The maximum Gasteiger partial charge on any atom is 0.270 e. The summed E-state index contributed by atoms with van der Waals surface area (Å²) in [6, 6.07) is 6.97. The van der Waals surface area contributed by atoms with Crippen molar-refractivity contribution in [3.63, 3.8) is 0 Å². The number of hydrogen-bond acceptors (Lipinski definition) is 7. The molecular formula is C22H36N6O2. The molecule has 3 rings (SSSR count). The Morgan fingerprint density at radius 3 is 2.83 bits per heavy atom. The van der Waals surface area contributed by atoms with Crippen LogP contribution in [0.5, 0.6) is 0 Å². The van der Waals surface area contributed by atoms with Crippen LogP contribution in [0.2, 0.25) is 0 Å². The normalized spacial score (nSPS) is 21.2. The predicted molar refractivity (Wildman–Crippen MR) is 121 cm³/mol. The average molecular weight is 417 g/mol. The molecule has 1 saturated heterocycles. The third-order valence-corrected chi connectivity index (χ3v) is 5.59. The second kappa shape index (κ2) is 10.9. The van der Waals surface area contributed by atoms with Crippen molar-refractivity contribution in [2.45, 2.75) is 70.9 Å². The largest absolute Gasteiger partial charge is 0.381 e. The molecule has 0 aliphatic carbocycles. The Bertz CT molecular complexity index is 745. The zero-order valence-electron chi connectivity index (χ0n) is 18.3. The van der Waals surface area contributed by atoms with Crippen LogP contribution in [0.4, 0.5) is 11.4 Å². The van der Waals surface area contributed by atoms with Gasteiger partial charge >= 0.3 is 0 Å². The second-order valence-corrected chi connectivity index (χ2v) is 8.26. The minimum atomic E-state index is -0.437. The number of nitrogens with zero attached hydrogens (tertiary/aromatic N) is 1. The number of benzene rings is 1. The SMILES string of the molecule is CCC(CCNC1Nc2ccc(C)cc2N=C1C(=O)NC(C)N)NC1CCOCC1. The number of hydrogen-bond donors (Lipinski definition) is 5. The zero-order chi connectivity index (χ0) is 21.5. The van der Waals surface area contributed by atoms with Crippen LogP contribution < -0.4 is 27.0 Å². The summed E-state index contributed by atoms with van der Waals surface area (Å²) >= 11 is 0. The molecule has 2 aliphatic rings. The highest BCUT2D eigenvalue weighted by molar-refractivity contribution is 6.42. The number of nitrogens with one attached hydrogen (secondary N) is 4. The van der Waals surface area contributed by atoms with E-state index < -0.39 is 6.17 Å². The summed E-state index contributed by atoms with van der Waals surface area (Å²) < 4.78 is 5.45. The number of nitrogens with two attached hydrogens (primary N) is 1. The van der Waals surface area contributed by atoms with E-state index >= 15 is 0 Å². The van der Waals surface area contributed by atoms with E-state index in [4.69, 9.17) is 10.5 Å². The van der Waals surface area contributed by atoms with E-state index in [0.29, 0.717) is 17.8 Å². The number of amides is 1. The molecule has 166 valence electrons. The highest BCUT2D eigenvalue weighted by Crippen LogP contribution is 2.30. The number of aryl methyl sites for hydroxylation is 1. The van der Waals surface area contributed by atoms with Crippen molar-refractivity contribution >= 4 is 23.0 Å². The third kappa shape index (κ3) is 6.25. The predicted octanol–water partition coefficient (Wildman–Crippen LogP) is 1.77. The lowest BCUT2D eigenvalue weighted by atomic mass is 10.0. The van der Waals surface area contributed by atoms with E-state index in [1.165, 1.54) is 0 Å². The summed E-state index contributed by atoms with van der Waals surface area (Å²) in [4.78, 5) is 17.4. The quantitative estimate of drug-likeness (QED) is 0.392. The Hall–Kier alpha value is -2.00. The summed E-state index contributed by atoms with van der Waals surface area (Å²) in [6.45, 7) is 8.40. The van der Waals surface area contributed by atoms with Crippen LogP contribution in [0.25, 0.3) is 0 Å². The van der Waals surface area contributed by atoms with Crippen molar-refractivity contribution in [3.8, 4) is 0 Å². The summed E-state index contributed by atoms with van der Waals surface area (Å²) in [7, 11) is 0. The van der Waals surface area contributed by atoms with Crippen molar-refractivity contribution < 1.29 is 9.53 Å². The molecule has 0 spiro atoms. The fraction of sp³-hybridized carbons (Fsp3) is 0.636. The number of rotatable bonds is 9. The molecule has 2 aliphatic heterocycles. The number of aliphatic imine (C=N–C) groups is 1. The van der Waals surface area contributed by atoms with Gasteiger partial charge in [0.1, 0.15) is 11.9 Å². The van der Waals surface area contributed by atoms with Gasteiger partial charge in [0.05, 0.1) is 17.5 Å². The third-order valence-electron chi connectivity index (χ3n) is 5.59. The van der Waals surface area contributed by atoms with E-state index in [9.17, 15) is 4.79 Å². The number of anilines is 1. The highest BCUT2D eigenvalue weighted by atomic mass is 16.5. The molecule has 6 N–H and O–H groups in total. The molecule has 0 saturated carbocycles. The van der Waals surface area contributed by atoms with Crippen molar-refractivity contribution in [1.29, 1.82) is 0 Å². The van der Waals surface area contributed by atoms with E-state index in [1.807, 2.05) is 25.1 Å². The lowest BCUT2D eigenvalue weighted by Gasteiger charge is -2.30. The van der Waals surface area contributed by atoms with Gasteiger partial charge in [-0.3, -0.25) is 10.1 Å². The number of carbonyl (C=O) groups is 1. The zero-order valence-corrected chi connectivity index (χ0v) is 18.3. The molecule has 1 aromatic rings. The van der Waals surface area contributed by atoms with Crippen molar-refractivity contribution in [2.24, 2.45) is 10.7 Å². The standard InChI is InChI=1S/C22H36N6O2/c1-4-16(26-17-8-11-30-12-9-17)7-10-24-21-20(22(29)25-15(3)23)27-19-13-14(2)5-6-18(19)28-21/h5-6,13,15-17,21,24,26,28H,4,7-12,23H2,1-3H3,(H,25,29). The molecule has 1 fully saturated rings. The topological polar surface area (TPSA) is 113 Å². The maximum absolute atomic E-state index is 12.7. The molecule has 0 radical (unpaired) electrons. The molecule has 3 unspecified atom stereocenters. The Balaban J connectivity index is 1.62. The van der Waals surface area contributed by atoms with Crippen LogP contribution in [-0.4, -0.2) is 55.8 Å². The molecule has 2 heterocycles. The molecule has 8 nitrogen and oxygen atoms in total. The Morgan fingerprint density at radius 2 is 2.13 bits per heavy atom. The second-order valence-electron chi connectivity index (χ2n) is 8.26. The Labute approximate surface area is 179 Å². The first-order chi connectivity index (χ1) is 14.5. The number of carbonyl (C=O) groups excluding carboxylic acids is 1. The first-order valence-corrected chi connectivity index (χ1v) is 11.1. The van der Waals surface area contributed by atoms with Crippen molar-refractivity contribution in [3.05, 3.63) is 23.8 Å². The molecule has 0 aromatic heterocycles. The minimum absolute atomic E-state index is 0.255. The Kier molecular flexibility index (Phi) is 8.21. The minimum Gasteiger partial charge on any atom is -0.381 e. The molecular weight excluding hydrogens is 380 g/mol. The molecule has 8 heteroatoms. The van der Waals surface area contributed by atoms with Crippen LogP contribution in [0.15, 0.2) is 23.2 Å². The van der Waals surface area contributed by atoms with E-state index in [-0.39, 0.29) is 12.1 Å². The average Bonchev–Trinajstić information content (AvgIpc) is 2.72. The van der Waals surface area contributed by atoms with Gasteiger partial charge in [0.25, 0.3) is 5.91 Å². The van der Waals surface area contributed by atoms with Crippen LogP contribution in [-0.2, 0) is 9.53 Å². The first kappa shape index (κ1) is 22.7. The van der Waals surface area contributed by atoms with Gasteiger partial charge in [0.15, 0.2) is 0 Å². The van der Waals surface area contributed by atoms with Gasteiger partial charge in [-0.2, -0.15) is 0 Å². The summed E-state index contributed by atoms with van der Waals surface area (Å²) in [5.74, 6) is -0.255. The lowest BCUT2D eigenvalue weighted by Crippen LogP contribution is -2.54. The van der Waals surface area contributed by atoms with Crippen molar-refractivity contribution in [1.82, 2.24) is 16.0 Å². The maximum atomic E-state index is 12.7. The van der Waals surface area contributed by atoms with E-state index in [2.05, 4.69) is 33.2 Å².